The minimum atomic E-state index is -1.12. The van der Waals surface area contributed by atoms with E-state index in [0.29, 0.717) is 23.6 Å². The van der Waals surface area contributed by atoms with Crippen LogP contribution in [0.2, 0.25) is 5.02 Å². The monoisotopic (exact) mass is 304 g/mol. The van der Waals surface area contributed by atoms with Crippen LogP contribution in [0.3, 0.4) is 0 Å². The zero-order chi connectivity index (χ0) is 15.2. The summed E-state index contributed by atoms with van der Waals surface area (Å²) < 4.78 is 0. The highest BCUT2D eigenvalue weighted by Gasteiger charge is 2.17. The van der Waals surface area contributed by atoms with Crippen LogP contribution in [0.4, 0.5) is 0 Å². The third kappa shape index (κ3) is 3.86. The van der Waals surface area contributed by atoms with Gasteiger partial charge in [0.1, 0.15) is 6.29 Å². The van der Waals surface area contributed by atoms with Crippen molar-refractivity contribution >= 4 is 23.9 Å². The number of carboxylic acids is 1. The number of aromatic nitrogens is 2. The van der Waals surface area contributed by atoms with E-state index < -0.39 is 5.97 Å². The fourth-order valence-electron chi connectivity index (χ4n) is 2.06. The van der Waals surface area contributed by atoms with Crippen LogP contribution in [0, 0.1) is 0 Å². The molecule has 2 rings (SSSR count). The second kappa shape index (κ2) is 6.95. The molecule has 1 heterocycles. The number of halogens is 1. The lowest BCUT2D eigenvalue weighted by atomic mass is 9.91. The highest BCUT2D eigenvalue weighted by molar-refractivity contribution is 6.30. The zero-order valence-corrected chi connectivity index (χ0v) is 11.8. The summed E-state index contributed by atoms with van der Waals surface area (Å²) in [4.78, 5) is 21.4. The van der Waals surface area contributed by atoms with Crippen LogP contribution in [-0.2, 0) is 4.79 Å². The molecule has 0 aliphatic heterocycles. The van der Waals surface area contributed by atoms with Crippen LogP contribution in [0.25, 0.3) is 0 Å². The van der Waals surface area contributed by atoms with Gasteiger partial charge < -0.3 is 9.90 Å². The van der Waals surface area contributed by atoms with Crippen molar-refractivity contribution in [3.05, 3.63) is 58.4 Å². The number of nitrogens with zero attached hydrogens (tertiary/aromatic N) is 2. The van der Waals surface area contributed by atoms with E-state index in [4.69, 9.17) is 16.7 Å². The molecule has 0 fully saturated rings. The van der Waals surface area contributed by atoms with Gasteiger partial charge in [-0.1, -0.05) is 23.7 Å². The van der Waals surface area contributed by atoms with Crippen molar-refractivity contribution in [2.75, 3.05) is 0 Å². The van der Waals surface area contributed by atoms with Gasteiger partial charge in [-0.2, -0.15) is 5.10 Å². The predicted molar refractivity (Wildman–Crippen MR) is 77.6 cm³/mol. The molecule has 0 radical (unpaired) electrons. The maximum atomic E-state index is 10.8. The zero-order valence-electron chi connectivity index (χ0n) is 11.1. The molecule has 0 aliphatic rings. The molecule has 0 saturated carbocycles. The second-order valence-electron chi connectivity index (χ2n) is 4.50. The van der Waals surface area contributed by atoms with Crippen molar-refractivity contribution in [1.82, 2.24) is 10.2 Å². The first-order valence-electron chi connectivity index (χ1n) is 6.38. The number of aromatic carboxylic acids is 1. The maximum absolute atomic E-state index is 10.8. The van der Waals surface area contributed by atoms with Gasteiger partial charge in [-0.3, -0.25) is 0 Å². The Kier molecular flexibility index (Phi) is 5.00. The van der Waals surface area contributed by atoms with Gasteiger partial charge in [-0.25, -0.2) is 4.79 Å². The quantitative estimate of drug-likeness (QED) is 0.830. The van der Waals surface area contributed by atoms with Crippen molar-refractivity contribution in [3.8, 4) is 0 Å². The fourth-order valence-corrected chi connectivity index (χ4v) is 2.18. The molecule has 108 valence electrons. The molecule has 0 saturated heterocycles. The predicted octanol–water partition coefficient (Wildman–Crippen LogP) is 2.94. The smallest absolute Gasteiger partial charge is 0.356 e. The van der Waals surface area contributed by atoms with E-state index in [2.05, 4.69) is 10.2 Å². The third-order valence-corrected chi connectivity index (χ3v) is 3.36. The Morgan fingerprint density at radius 3 is 2.43 bits per heavy atom. The van der Waals surface area contributed by atoms with E-state index in [-0.39, 0.29) is 11.6 Å². The van der Waals surface area contributed by atoms with E-state index in [1.165, 1.54) is 6.07 Å². The summed E-state index contributed by atoms with van der Waals surface area (Å²) in [5.74, 6) is -1.24. The van der Waals surface area contributed by atoms with E-state index in [9.17, 15) is 9.59 Å². The van der Waals surface area contributed by atoms with Gasteiger partial charge in [-0.05, 0) is 36.2 Å². The largest absolute Gasteiger partial charge is 0.476 e. The molecule has 1 aromatic carbocycles. The molecular formula is C15H13ClN2O3. The summed E-state index contributed by atoms with van der Waals surface area (Å²) in [6.07, 6.45) is 1.81. The van der Waals surface area contributed by atoms with E-state index in [0.717, 1.165) is 11.8 Å². The minimum Gasteiger partial charge on any atom is -0.476 e. The Morgan fingerprint density at radius 2 is 1.90 bits per heavy atom. The molecule has 6 heteroatoms. The Bertz CT molecular complexity index is 626. The standard InChI is InChI=1S/C15H13ClN2O3/c16-11-5-3-10(4-6-11)12(2-1-9-19)13-7-8-14(15(20)21)18-17-13/h3-9,12H,1-2H2,(H,20,21). The van der Waals surface area contributed by atoms with Crippen molar-refractivity contribution in [2.45, 2.75) is 18.8 Å². The van der Waals surface area contributed by atoms with E-state index in [1.54, 1.807) is 18.2 Å². The summed E-state index contributed by atoms with van der Waals surface area (Å²) in [6.45, 7) is 0. The second-order valence-corrected chi connectivity index (χ2v) is 4.93. The topological polar surface area (TPSA) is 80.2 Å². The van der Waals surface area contributed by atoms with Gasteiger partial charge in [0.25, 0.3) is 0 Å². The Hall–Kier alpha value is -2.27. The van der Waals surface area contributed by atoms with Crippen LogP contribution < -0.4 is 0 Å². The molecule has 0 spiro atoms. The van der Waals surface area contributed by atoms with E-state index >= 15 is 0 Å². The molecule has 0 amide bonds. The molecule has 1 N–H and O–H groups in total. The highest BCUT2D eigenvalue weighted by Crippen LogP contribution is 2.28. The summed E-state index contributed by atoms with van der Waals surface area (Å²) >= 11 is 5.87. The number of rotatable bonds is 6. The lowest BCUT2D eigenvalue weighted by Gasteiger charge is -2.15. The first kappa shape index (κ1) is 15.1. The Labute approximate surface area is 126 Å². The van der Waals surface area contributed by atoms with Crippen molar-refractivity contribution < 1.29 is 14.7 Å². The van der Waals surface area contributed by atoms with Crippen molar-refractivity contribution in [2.24, 2.45) is 0 Å². The van der Waals surface area contributed by atoms with Crippen LogP contribution in [0.5, 0.6) is 0 Å². The van der Waals surface area contributed by atoms with Crippen molar-refractivity contribution in [3.63, 3.8) is 0 Å². The van der Waals surface area contributed by atoms with Gasteiger partial charge in [0.05, 0.1) is 5.69 Å². The van der Waals surface area contributed by atoms with Crippen molar-refractivity contribution in [1.29, 1.82) is 0 Å². The molecule has 1 aromatic heterocycles. The molecular weight excluding hydrogens is 292 g/mol. The van der Waals surface area contributed by atoms with Crippen LogP contribution in [-0.4, -0.2) is 27.6 Å². The van der Waals surface area contributed by atoms with Gasteiger partial charge in [0.2, 0.25) is 0 Å². The Morgan fingerprint density at radius 1 is 1.19 bits per heavy atom. The Balaban J connectivity index is 2.32. The highest BCUT2D eigenvalue weighted by atomic mass is 35.5. The first-order chi connectivity index (χ1) is 10.1. The van der Waals surface area contributed by atoms with Gasteiger partial charge in [0.15, 0.2) is 5.69 Å². The lowest BCUT2D eigenvalue weighted by Crippen LogP contribution is -2.08. The summed E-state index contributed by atoms with van der Waals surface area (Å²) in [7, 11) is 0. The summed E-state index contributed by atoms with van der Waals surface area (Å²) in [5.41, 5.74) is 1.48. The third-order valence-electron chi connectivity index (χ3n) is 3.11. The lowest BCUT2D eigenvalue weighted by molar-refractivity contribution is -0.107. The maximum Gasteiger partial charge on any atom is 0.356 e. The summed E-state index contributed by atoms with van der Waals surface area (Å²) in [6, 6.07) is 10.3. The van der Waals surface area contributed by atoms with E-state index in [1.807, 2.05) is 12.1 Å². The number of hydrogen-bond donors (Lipinski definition) is 1. The molecule has 0 aliphatic carbocycles. The molecule has 5 nitrogen and oxygen atoms in total. The SMILES string of the molecule is O=CCCC(c1ccc(Cl)cc1)c1ccc(C(=O)O)nn1. The fraction of sp³-hybridized carbons (Fsp3) is 0.200. The summed E-state index contributed by atoms with van der Waals surface area (Å²) in [5, 5.41) is 17.1. The molecule has 0 bridgehead atoms. The van der Waals surface area contributed by atoms with Gasteiger partial charge >= 0.3 is 5.97 Å². The minimum absolute atomic E-state index is 0.107. The average molecular weight is 305 g/mol. The molecule has 1 unspecified atom stereocenters. The number of aldehydes is 1. The van der Waals surface area contributed by atoms with Gasteiger partial charge in [-0.15, -0.1) is 5.10 Å². The number of carbonyl (C=O) groups is 2. The number of hydrogen-bond acceptors (Lipinski definition) is 4. The normalized spacial score (nSPS) is 11.9. The van der Waals surface area contributed by atoms with Crippen LogP contribution in [0.1, 0.15) is 40.5 Å². The average Bonchev–Trinajstić information content (AvgIpc) is 2.50. The number of carboxylic acid groups (broad SMARTS) is 1. The molecule has 2 aromatic rings. The number of benzene rings is 1. The van der Waals surface area contributed by atoms with Crippen LogP contribution in [0.15, 0.2) is 36.4 Å². The number of carbonyl (C=O) groups excluding carboxylic acids is 1. The van der Waals surface area contributed by atoms with Crippen LogP contribution >= 0.6 is 11.6 Å². The first-order valence-corrected chi connectivity index (χ1v) is 6.75. The molecule has 21 heavy (non-hydrogen) atoms. The molecule has 1 atom stereocenters. The van der Waals surface area contributed by atoms with Gasteiger partial charge in [0, 0.05) is 17.4 Å².